The zero-order valence-electron chi connectivity index (χ0n) is 14.5. The van der Waals surface area contributed by atoms with Crippen LogP contribution in [0, 0.1) is 13.8 Å². The molecule has 3 aromatic rings. The predicted molar refractivity (Wildman–Crippen MR) is 106 cm³/mol. The van der Waals surface area contributed by atoms with Crippen LogP contribution in [-0.4, -0.2) is 13.0 Å². The van der Waals surface area contributed by atoms with Gasteiger partial charge >= 0.3 is 0 Å². The molecular weight excluding hydrogens is 390 g/mol. The topological polar surface area (TPSA) is 77.4 Å². The Bertz CT molecular complexity index is 1160. The third-order valence-corrected chi connectivity index (χ3v) is 6.34. The van der Waals surface area contributed by atoms with Gasteiger partial charge in [-0.25, -0.2) is 18.5 Å². The molecule has 136 valence electrons. The summed E-state index contributed by atoms with van der Waals surface area (Å²) in [5, 5.41) is 7.28. The van der Waals surface area contributed by atoms with Gasteiger partial charge in [-0.3, -0.25) is 0 Å². The summed E-state index contributed by atoms with van der Waals surface area (Å²) in [4.78, 5) is 5.45. The molecule has 26 heavy (non-hydrogen) atoms. The highest BCUT2D eigenvalue weighted by molar-refractivity contribution is 7.89. The maximum Gasteiger partial charge on any atom is 0.239 e. The Morgan fingerprint density at radius 1 is 1.15 bits per heavy atom. The fourth-order valence-corrected chi connectivity index (χ4v) is 4.64. The van der Waals surface area contributed by atoms with Gasteiger partial charge in [0.25, 0.3) is 0 Å². The first-order valence-corrected chi connectivity index (χ1v) is 10.6. The van der Waals surface area contributed by atoms with E-state index in [0.717, 1.165) is 21.7 Å². The average molecular weight is 408 g/mol. The van der Waals surface area contributed by atoms with Gasteiger partial charge in [-0.05, 0) is 37.6 Å². The molecule has 1 heterocycles. The molecule has 0 saturated heterocycles. The van der Waals surface area contributed by atoms with Crippen molar-refractivity contribution in [3.05, 3.63) is 62.7 Å². The Hall–Kier alpha value is -1.93. The van der Waals surface area contributed by atoms with E-state index in [1.165, 1.54) is 29.0 Å². The largest absolute Gasteiger partial charge is 0.320 e. The number of rotatable bonds is 3. The molecule has 0 spiro atoms. The van der Waals surface area contributed by atoms with Crippen molar-refractivity contribution in [2.24, 2.45) is 17.2 Å². The first-order valence-electron chi connectivity index (χ1n) is 7.76. The SMILES string of the molecule is Cc1ccc(/N=c2/scc(-c3ccc(Cl)c(S(N)(=O)=O)c3)n2C)c(C)c1. The van der Waals surface area contributed by atoms with E-state index in [9.17, 15) is 8.42 Å². The van der Waals surface area contributed by atoms with Crippen molar-refractivity contribution in [3.8, 4) is 11.3 Å². The number of benzene rings is 2. The molecule has 0 bridgehead atoms. The normalized spacial score (nSPS) is 12.6. The first kappa shape index (κ1) is 18.8. The minimum absolute atomic E-state index is 0.0873. The Balaban J connectivity index is 2.12. The second-order valence-electron chi connectivity index (χ2n) is 6.05. The number of nitrogens with zero attached hydrogens (tertiary/aromatic N) is 2. The van der Waals surface area contributed by atoms with E-state index in [0.29, 0.717) is 5.56 Å². The molecule has 0 saturated carbocycles. The summed E-state index contributed by atoms with van der Waals surface area (Å²) in [6, 6.07) is 10.9. The van der Waals surface area contributed by atoms with Crippen LogP contribution >= 0.6 is 22.9 Å². The van der Waals surface area contributed by atoms with Crippen LogP contribution in [0.3, 0.4) is 0 Å². The lowest BCUT2D eigenvalue weighted by Crippen LogP contribution is -2.14. The van der Waals surface area contributed by atoms with E-state index in [4.69, 9.17) is 21.7 Å². The Labute approximate surface area is 161 Å². The van der Waals surface area contributed by atoms with Gasteiger partial charge in [0.15, 0.2) is 4.80 Å². The standard InChI is InChI=1S/C18H18ClN3O2S2/c1-11-4-7-15(12(2)8-11)21-18-22(3)16(10-25-18)13-5-6-14(19)17(9-13)26(20,23)24/h4-10H,1-3H3,(H2,20,23,24)/b21-18+. The lowest BCUT2D eigenvalue weighted by atomic mass is 10.1. The minimum atomic E-state index is -3.89. The molecule has 0 aliphatic heterocycles. The van der Waals surface area contributed by atoms with Gasteiger partial charge in [-0.1, -0.05) is 35.4 Å². The van der Waals surface area contributed by atoms with Gasteiger partial charge in [0.05, 0.1) is 16.4 Å². The van der Waals surface area contributed by atoms with Crippen molar-refractivity contribution in [3.63, 3.8) is 0 Å². The molecule has 8 heteroatoms. The lowest BCUT2D eigenvalue weighted by Gasteiger charge is -2.07. The van der Waals surface area contributed by atoms with Gasteiger partial charge in [0.2, 0.25) is 10.0 Å². The molecule has 0 aliphatic rings. The number of nitrogens with two attached hydrogens (primary N) is 1. The Kier molecular flexibility index (Phi) is 5.07. The highest BCUT2D eigenvalue weighted by atomic mass is 35.5. The summed E-state index contributed by atoms with van der Waals surface area (Å²) in [6.07, 6.45) is 0. The van der Waals surface area contributed by atoms with Gasteiger partial charge in [0, 0.05) is 18.0 Å². The van der Waals surface area contributed by atoms with Gasteiger partial charge in [-0.15, -0.1) is 11.3 Å². The summed E-state index contributed by atoms with van der Waals surface area (Å²) < 4.78 is 25.3. The molecule has 0 radical (unpaired) electrons. The zero-order chi connectivity index (χ0) is 19.1. The summed E-state index contributed by atoms with van der Waals surface area (Å²) in [6.45, 7) is 4.07. The van der Waals surface area contributed by atoms with E-state index in [1.807, 2.05) is 43.0 Å². The molecule has 0 amide bonds. The van der Waals surface area contributed by atoms with Crippen LogP contribution in [0.1, 0.15) is 11.1 Å². The van der Waals surface area contributed by atoms with Crippen LogP contribution in [0.5, 0.6) is 0 Å². The smallest absolute Gasteiger partial charge is 0.239 e. The number of primary sulfonamides is 1. The number of thiazole rings is 1. The van der Waals surface area contributed by atoms with Crippen molar-refractivity contribution in [2.45, 2.75) is 18.7 Å². The molecule has 3 rings (SSSR count). The second kappa shape index (κ2) is 7.00. The molecular formula is C18H18ClN3O2S2. The molecule has 2 aromatic carbocycles. The molecule has 1 aromatic heterocycles. The Morgan fingerprint density at radius 3 is 2.54 bits per heavy atom. The zero-order valence-corrected chi connectivity index (χ0v) is 16.9. The van der Waals surface area contributed by atoms with Crippen molar-refractivity contribution in [1.82, 2.24) is 4.57 Å². The van der Waals surface area contributed by atoms with Crippen LogP contribution in [0.4, 0.5) is 5.69 Å². The fourth-order valence-electron chi connectivity index (χ4n) is 2.65. The van der Waals surface area contributed by atoms with Crippen LogP contribution < -0.4 is 9.94 Å². The number of aryl methyl sites for hydroxylation is 2. The third-order valence-electron chi connectivity index (χ3n) is 4.03. The molecule has 0 aliphatic carbocycles. The second-order valence-corrected chi connectivity index (χ2v) is 8.83. The van der Waals surface area contributed by atoms with Crippen molar-refractivity contribution in [1.29, 1.82) is 0 Å². The fraction of sp³-hybridized carbons (Fsp3) is 0.167. The number of sulfonamides is 1. The average Bonchev–Trinajstić information content (AvgIpc) is 2.90. The van der Waals surface area contributed by atoms with E-state index in [-0.39, 0.29) is 9.92 Å². The highest BCUT2D eigenvalue weighted by Crippen LogP contribution is 2.28. The molecule has 0 atom stereocenters. The van der Waals surface area contributed by atoms with Gasteiger partial charge < -0.3 is 4.57 Å². The summed E-state index contributed by atoms with van der Waals surface area (Å²) in [5.41, 5.74) is 4.73. The third kappa shape index (κ3) is 3.76. The van der Waals surface area contributed by atoms with Gasteiger partial charge in [0.1, 0.15) is 4.90 Å². The molecule has 0 fully saturated rings. The monoisotopic (exact) mass is 407 g/mol. The van der Waals surface area contributed by atoms with E-state index in [1.54, 1.807) is 6.07 Å². The maximum absolute atomic E-state index is 11.7. The number of aromatic nitrogens is 1. The van der Waals surface area contributed by atoms with E-state index >= 15 is 0 Å². The molecule has 5 nitrogen and oxygen atoms in total. The van der Waals surface area contributed by atoms with Crippen molar-refractivity contribution in [2.75, 3.05) is 0 Å². The summed E-state index contributed by atoms with van der Waals surface area (Å²) in [7, 11) is -2.00. The molecule has 2 N–H and O–H groups in total. The van der Waals surface area contributed by atoms with Crippen LogP contribution in [0.2, 0.25) is 5.02 Å². The number of halogens is 1. The van der Waals surface area contributed by atoms with Gasteiger partial charge in [-0.2, -0.15) is 0 Å². The van der Waals surface area contributed by atoms with Crippen LogP contribution in [0.25, 0.3) is 11.3 Å². The highest BCUT2D eigenvalue weighted by Gasteiger charge is 2.15. The quantitative estimate of drug-likeness (QED) is 0.714. The first-order chi connectivity index (χ1) is 12.2. The number of hydrogen-bond acceptors (Lipinski definition) is 4. The summed E-state index contributed by atoms with van der Waals surface area (Å²) in [5.74, 6) is 0. The molecule has 0 unspecified atom stereocenters. The summed E-state index contributed by atoms with van der Waals surface area (Å²) >= 11 is 7.45. The van der Waals surface area contributed by atoms with Crippen molar-refractivity contribution < 1.29 is 8.42 Å². The Morgan fingerprint density at radius 2 is 1.88 bits per heavy atom. The number of hydrogen-bond donors (Lipinski definition) is 1. The maximum atomic E-state index is 11.7. The van der Waals surface area contributed by atoms with E-state index < -0.39 is 10.0 Å². The van der Waals surface area contributed by atoms with Crippen molar-refractivity contribution >= 4 is 38.6 Å². The van der Waals surface area contributed by atoms with Crippen LogP contribution in [-0.2, 0) is 17.1 Å². The minimum Gasteiger partial charge on any atom is -0.320 e. The van der Waals surface area contributed by atoms with Crippen LogP contribution in [0.15, 0.2) is 51.7 Å². The van der Waals surface area contributed by atoms with E-state index in [2.05, 4.69) is 6.07 Å². The predicted octanol–water partition coefficient (Wildman–Crippen LogP) is 3.90. The lowest BCUT2D eigenvalue weighted by molar-refractivity contribution is 0.598.